The number of rotatable bonds is 9. The van der Waals surface area contributed by atoms with Crippen molar-refractivity contribution in [2.75, 3.05) is 33.5 Å². The maximum Gasteiger partial charge on any atom is 0.166 e. The Morgan fingerprint density at radius 3 is 2.73 bits per heavy atom. The molecular formula is C17H25NO3S. The van der Waals surface area contributed by atoms with E-state index in [-0.39, 0.29) is 0 Å². The van der Waals surface area contributed by atoms with E-state index in [1.54, 1.807) is 7.11 Å². The lowest BCUT2D eigenvalue weighted by atomic mass is 10.1. The van der Waals surface area contributed by atoms with Gasteiger partial charge in [-0.05, 0) is 25.3 Å². The molecule has 4 nitrogen and oxygen atoms in total. The van der Waals surface area contributed by atoms with Crippen molar-refractivity contribution in [1.82, 2.24) is 4.90 Å². The largest absolute Gasteiger partial charge is 0.490 e. The summed E-state index contributed by atoms with van der Waals surface area (Å²) in [5.41, 5.74) is 1.12. The van der Waals surface area contributed by atoms with E-state index in [4.69, 9.17) is 26.4 Å². The second-order valence-electron chi connectivity index (χ2n) is 5.35. The fourth-order valence-electron chi connectivity index (χ4n) is 2.48. The van der Waals surface area contributed by atoms with E-state index in [1.165, 1.54) is 0 Å². The summed E-state index contributed by atoms with van der Waals surface area (Å²) in [6, 6.07) is 6.06. The molecule has 1 aliphatic heterocycles. The van der Waals surface area contributed by atoms with E-state index >= 15 is 0 Å². The van der Waals surface area contributed by atoms with Gasteiger partial charge < -0.3 is 19.1 Å². The summed E-state index contributed by atoms with van der Waals surface area (Å²) in [4.78, 5) is 3.29. The van der Waals surface area contributed by atoms with Crippen molar-refractivity contribution in [3.05, 3.63) is 23.8 Å². The highest BCUT2D eigenvalue weighted by atomic mass is 32.1. The lowest BCUT2D eigenvalue weighted by Crippen LogP contribution is -2.23. The molecule has 0 N–H and O–H groups in total. The van der Waals surface area contributed by atoms with E-state index in [9.17, 15) is 0 Å². The summed E-state index contributed by atoms with van der Waals surface area (Å²) in [5, 5.41) is 0. The minimum Gasteiger partial charge on any atom is -0.490 e. The molecule has 1 aromatic rings. The first-order chi connectivity index (χ1) is 10.8. The molecule has 122 valence electrons. The summed E-state index contributed by atoms with van der Waals surface area (Å²) in [6.45, 7) is 5.66. The number of nitrogens with zero attached hydrogens (tertiary/aromatic N) is 1. The summed E-state index contributed by atoms with van der Waals surface area (Å²) >= 11 is 5.43. The Morgan fingerprint density at radius 2 is 2.05 bits per heavy atom. The Balaban J connectivity index is 2.15. The molecule has 0 amide bonds. The third-order valence-electron chi connectivity index (χ3n) is 3.59. The van der Waals surface area contributed by atoms with Crippen LogP contribution in [0.4, 0.5) is 0 Å². The molecule has 0 aromatic heterocycles. The molecule has 1 saturated heterocycles. The zero-order valence-electron chi connectivity index (χ0n) is 13.5. The van der Waals surface area contributed by atoms with Gasteiger partial charge in [-0.3, -0.25) is 0 Å². The third kappa shape index (κ3) is 4.58. The molecule has 1 aliphatic rings. The smallest absolute Gasteiger partial charge is 0.166 e. The van der Waals surface area contributed by atoms with Gasteiger partial charge in [0.15, 0.2) is 11.5 Å². The van der Waals surface area contributed by atoms with Crippen LogP contribution in [0.2, 0.25) is 0 Å². The highest BCUT2D eigenvalue weighted by molar-refractivity contribution is 7.80. The molecule has 1 fully saturated rings. The van der Waals surface area contributed by atoms with Crippen molar-refractivity contribution in [3.63, 3.8) is 0 Å². The molecule has 0 atom stereocenters. The van der Waals surface area contributed by atoms with Gasteiger partial charge in [0.25, 0.3) is 0 Å². The highest BCUT2D eigenvalue weighted by Crippen LogP contribution is 2.33. The van der Waals surface area contributed by atoms with Crippen molar-refractivity contribution >= 4 is 17.2 Å². The van der Waals surface area contributed by atoms with Crippen LogP contribution in [0.3, 0.4) is 0 Å². The maximum absolute atomic E-state index is 5.93. The van der Waals surface area contributed by atoms with Gasteiger partial charge in [-0.15, -0.1) is 0 Å². The number of hydrogen-bond acceptors (Lipinski definition) is 4. The van der Waals surface area contributed by atoms with Gasteiger partial charge in [-0.1, -0.05) is 31.3 Å². The lowest BCUT2D eigenvalue weighted by Gasteiger charge is -2.21. The number of methoxy groups -OCH3 is 1. The van der Waals surface area contributed by atoms with Gasteiger partial charge in [-0.25, -0.2) is 0 Å². The van der Waals surface area contributed by atoms with Gasteiger partial charge in [0.2, 0.25) is 0 Å². The zero-order valence-corrected chi connectivity index (χ0v) is 14.3. The van der Waals surface area contributed by atoms with E-state index in [1.807, 2.05) is 12.1 Å². The number of hydrogen-bond donors (Lipinski definition) is 0. The average Bonchev–Trinajstić information content (AvgIpc) is 2.92. The third-order valence-corrected chi connectivity index (χ3v) is 4.05. The zero-order chi connectivity index (χ0) is 15.8. The average molecular weight is 323 g/mol. The SMILES string of the molecule is CCCOc1cccc(CN2CCCC2=S)c1OCCOC. The summed E-state index contributed by atoms with van der Waals surface area (Å²) in [5.74, 6) is 1.63. The molecule has 5 heteroatoms. The minimum absolute atomic E-state index is 0.514. The van der Waals surface area contributed by atoms with Gasteiger partial charge in [0.05, 0.1) is 18.2 Å². The number of thiocarbonyl (C=S) groups is 1. The van der Waals surface area contributed by atoms with Gasteiger partial charge in [0.1, 0.15) is 6.61 Å². The highest BCUT2D eigenvalue weighted by Gasteiger charge is 2.20. The van der Waals surface area contributed by atoms with Crippen molar-refractivity contribution in [1.29, 1.82) is 0 Å². The Labute approximate surface area is 138 Å². The molecule has 0 radical (unpaired) electrons. The summed E-state index contributed by atoms with van der Waals surface area (Å²) in [7, 11) is 1.67. The monoisotopic (exact) mass is 323 g/mol. The van der Waals surface area contributed by atoms with Crippen LogP contribution in [0.5, 0.6) is 11.5 Å². The van der Waals surface area contributed by atoms with Crippen LogP contribution in [0.1, 0.15) is 31.7 Å². The fraction of sp³-hybridized carbons (Fsp3) is 0.588. The van der Waals surface area contributed by atoms with E-state index in [2.05, 4.69) is 17.9 Å². The molecular weight excluding hydrogens is 298 g/mol. The Hall–Kier alpha value is -1.33. The Kier molecular flexibility index (Phi) is 6.93. The fourth-order valence-corrected chi connectivity index (χ4v) is 2.78. The molecule has 22 heavy (non-hydrogen) atoms. The Bertz CT molecular complexity index is 493. The lowest BCUT2D eigenvalue weighted by molar-refractivity contribution is 0.142. The normalized spacial score (nSPS) is 14.5. The first kappa shape index (κ1) is 17.0. The van der Waals surface area contributed by atoms with Crippen LogP contribution in [-0.4, -0.2) is 43.4 Å². The van der Waals surface area contributed by atoms with Crippen LogP contribution in [-0.2, 0) is 11.3 Å². The maximum atomic E-state index is 5.93. The summed E-state index contributed by atoms with van der Waals surface area (Å²) in [6.07, 6.45) is 3.13. The van der Waals surface area contributed by atoms with Crippen molar-refractivity contribution < 1.29 is 14.2 Å². The standard InChI is InChI=1S/C17H25NO3S/c1-3-10-20-15-7-4-6-14(17(15)21-12-11-19-2)13-18-9-5-8-16(18)22/h4,6-7H,3,5,8-13H2,1-2H3. The molecule has 0 saturated carbocycles. The molecule has 0 unspecified atom stereocenters. The topological polar surface area (TPSA) is 30.9 Å². The Morgan fingerprint density at radius 1 is 1.18 bits per heavy atom. The molecule has 1 aromatic carbocycles. The van der Waals surface area contributed by atoms with Crippen LogP contribution < -0.4 is 9.47 Å². The van der Waals surface area contributed by atoms with Gasteiger partial charge in [-0.2, -0.15) is 0 Å². The van der Waals surface area contributed by atoms with Crippen molar-refractivity contribution in [3.8, 4) is 11.5 Å². The van der Waals surface area contributed by atoms with Crippen LogP contribution >= 0.6 is 12.2 Å². The van der Waals surface area contributed by atoms with E-state index in [0.717, 1.165) is 54.4 Å². The molecule has 0 bridgehead atoms. The second kappa shape index (κ2) is 8.96. The first-order valence-corrected chi connectivity index (χ1v) is 8.31. The molecule has 0 aliphatic carbocycles. The van der Waals surface area contributed by atoms with Crippen molar-refractivity contribution in [2.45, 2.75) is 32.7 Å². The van der Waals surface area contributed by atoms with Crippen molar-refractivity contribution in [2.24, 2.45) is 0 Å². The predicted octanol–water partition coefficient (Wildman–Crippen LogP) is 3.42. The van der Waals surface area contributed by atoms with E-state index < -0.39 is 0 Å². The van der Waals surface area contributed by atoms with Gasteiger partial charge >= 0.3 is 0 Å². The molecule has 0 spiro atoms. The quantitative estimate of drug-likeness (QED) is 0.513. The van der Waals surface area contributed by atoms with Gasteiger partial charge in [0, 0.05) is 25.8 Å². The number of likely N-dealkylation sites (tertiary alicyclic amines) is 1. The molecule has 1 heterocycles. The predicted molar refractivity (Wildman–Crippen MR) is 91.8 cm³/mol. The number of ether oxygens (including phenoxy) is 3. The molecule has 2 rings (SSSR count). The summed E-state index contributed by atoms with van der Waals surface area (Å²) < 4.78 is 16.8. The van der Waals surface area contributed by atoms with Crippen LogP contribution in [0, 0.1) is 0 Å². The second-order valence-corrected chi connectivity index (χ2v) is 5.82. The first-order valence-electron chi connectivity index (χ1n) is 7.90. The van der Waals surface area contributed by atoms with E-state index in [0.29, 0.717) is 19.8 Å². The minimum atomic E-state index is 0.514. The number of para-hydroxylation sites is 1. The van der Waals surface area contributed by atoms with Crippen LogP contribution in [0.15, 0.2) is 18.2 Å². The van der Waals surface area contributed by atoms with Crippen LogP contribution in [0.25, 0.3) is 0 Å². The number of benzene rings is 1.